The Hall–Kier alpha value is -2.81. The number of hydrogen-bond donors (Lipinski definition) is 1. The zero-order chi connectivity index (χ0) is 17.1. The summed E-state index contributed by atoms with van der Waals surface area (Å²) in [6.45, 7) is 2.70. The van der Waals surface area contributed by atoms with Gasteiger partial charge in [-0.1, -0.05) is 12.1 Å². The number of carbonyl (C=O) groups is 2. The Morgan fingerprint density at radius 2 is 2.04 bits per heavy atom. The Morgan fingerprint density at radius 3 is 2.65 bits per heavy atom. The second kappa shape index (κ2) is 10.0. The third-order valence-corrected chi connectivity index (χ3v) is 3.04. The first-order chi connectivity index (χ1) is 11.1. The number of benzene rings is 1. The predicted molar refractivity (Wildman–Crippen MR) is 88.5 cm³/mol. The molecule has 0 fully saturated rings. The van der Waals surface area contributed by atoms with Crippen molar-refractivity contribution < 1.29 is 14.3 Å². The lowest BCUT2D eigenvalue weighted by Crippen LogP contribution is -2.32. The molecule has 1 rings (SSSR count). The Bertz CT molecular complexity index is 588. The number of carbonyl (C=O) groups excluding carboxylic acids is 2. The third-order valence-electron chi connectivity index (χ3n) is 3.04. The molecule has 0 bridgehead atoms. The van der Waals surface area contributed by atoms with Gasteiger partial charge in [0.05, 0.1) is 25.6 Å². The SMILES string of the molecule is CCOC(=O)C=Cc1ccc(NCC(=O)N(C)CCC#N)cc1. The van der Waals surface area contributed by atoms with Crippen LogP contribution in [0.15, 0.2) is 30.3 Å². The van der Waals surface area contributed by atoms with Crippen molar-refractivity contribution in [2.45, 2.75) is 13.3 Å². The summed E-state index contributed by atoms with van der Waals surface area (Å²) in [6.07, 6.45) is 3.37. The summed E-state index contributed by atoms with van der Waals surface area (Å²) < 4.78 is 4.80. The van der Waals surface area contributed by atoms with E-state index in [1.54, 1.807) is 20.0 Å². The van der Waals surface area contributed by atoms with Gasteiger partial charge in [-0.2, -0.15) is 5.26 Å². The van der Waals surface area contributed by atoms with E-state index in [1.807, 2.05) is 30.3 Å². The summed E-state index contributed by atoms with van der Waals surface area (Å²) >= 11 is 0. The van der Waals surface area contributed by atoms with Crippen molar-refractivity contribution >= 4 is 23.6 Å². The first kappa shape index (κ1) is 18.2. The van der Waals surface area contributed by atoms with E-state index < -0.39 is 0 Å². The van der Waals surface area contributed by atoms with Crippen LogP contribution < -0.4 is 5.32 Å². The summed E-state index contributed by atoms with van der Waals surface area (Å²) in [5, 5.41) is 11.5. The van der Waals surface area contributed by atoms with Crippen LogP contribution in [0, 0.1) is 11.3 Å². The normalized spacial score (nSPS) is 10.1. The maximum Gasteiger partial charge on any atom is 0.330 e. The number of hydrogen-bond acceptors (Lipinski definition) is 5. The Kier molecular flexibility index (Phi) is 7.94. The van der Waals surface area contributed by atoms with E-state index >= 15 is 0 Å². The van der Waals surface area contributed by atoms with Crippen LogP contribution in [0.4, 0.5) is 5.69 Å². The van der Waals surface area contributed by atoms with Crippen molar-refractivity contribution in [1.82, 2.24) is 4.90 Å². The third kappa shape index (κ3) is 7.14. The van der Waals surface area contributed by atoms with Crippen LogP contribution in [0.2, 0.25) is 0 Å². The number of anilines is 1. The second-order valence-electron chi connectivity index (χ2n) is 4.78. The molecule has 1 amide bonds. The molecule has 23 heavy (non-hydrogen) atoms. The van der Waals surface area contributed by atoms with Crippen molar-refractivity contribution in [3.05, 3.63) is 35.9 Å². The maximum atomic E-state index is 11.8. The fourth-order valence-corrected chi connectivity index (χ4v) is 1.72. The van der Waals surface area contributed by atoms with E-state index in [1.165, 1.54) is 11.0 Å². The molecular formula is C17H21N3O3. The largest absolute Gasteiger partial charge is 0.463 e. The van der Waals surface area contributed by atoms with Crippen LogP contribution in [0.5, 0.6) is 0 Å². The molecule has 0 aliphatic carbocycles. The molecule has 0 saturated carbocycles. The molecule has 0 atom stereocenters. The van der Waals surface area contributed by atoms with Gasteiger partial charge in [0.1, 0.15) is 0 Å². The van der Waals surface area contributed by atoms with E-state index in [4.69, 9.17) is 10.00 Å². The van der Waals surface area contributed by atoms with Gasteiger partial charge in [0, 0.05) is 25.4 Å². The van der Waals surface area contributed by atoms with Crippen LogP contribution in [-0.4, -0.2) is 43.5 Å². The Morgan fingerprint density at radius 1 is 1.35 bits per heavy atom. The van der Waals surface area contributed by atoms with Gasteiger partial charge in [-0.25, -0.2) is 4.79 Å². The smallest absolute Gasteiger partial charge is 0.330 e. The Labute approximate surface area is 136 Å². The monoisotopic (exact) mass is 315 g/mol. The molecule has 1 N–H and O–H groups in total. The zero-order valence-electron chi connectivity index (χ0n) is 13.4. The van der Waals surface area contributed by atoms with Gasteiger partial charge in [0.15, 0.2) is 0 Å². The van der Waals surface area contributed by atoms with Gasteiger partial charge < -0.3 is 15.0 Å². The number of nitriles is 1. The topological polar surface area (TPSA) is 82.4 Å². The number of likely N-dealkylation sites (N-methyl/N-ethyl adjacent to an activating group) is 1. The fraction of sp³-hybridized carbons (Fsp3) is 0.353. The highest BCUT2D eigenvalue weighted by Gasteiger charge is 2.07. The summed E-state index contributed by atoms with van der Waals surface area (Å²) in [6, 6.07) is 9.33. The molecule has 122 valence electrons. The van der Waals surface area contributed by atoms with Crippen molar-refractivity contribution in [1.29, 1.82) is 5.26 Å². The van der Waals surface area contributed by atoms with Crippen molar-refractivity contribution in [3.63, 3.8) is 0 Å². The van der Waals surface area contributed by atoms with Gasteiger partial charge in [-0.05, 0) is 30.7 Å². The minimum Gasteiger partial charge on any atom is -0.463 e. The molecule has 0 aliphatic heterocycles. The van der Waals surface area contributed by atoms with Gasteiger partial charge >= 0.3 is 5.97 Å². The molecule has 0 spiro atoms. The van der Waals surface area contributed by atoms with Crippen LogP contribution in [0.1, 0.15) is 18.9 Å². The van der Waals surface area contributed by atoms with Crippen molar-refractivity contribution in [2.24, 2.45) is 0 Å². The van der Waals surface area contributed by atoms with Gasteiger partial charge in [-0.3, -0.25) is 4.79 Å². The Balaban J connectivity index is 2.47. The fourth-order valence-electron chi connectivity index (χ4n) is 1.72. The summed E-state index contributed by atoms with van der Waals surface area (Å²) in [7, 11) is 1.67. The molecule has 0 unspecified atom stereocenters. The average Bonchev–Trinajstić information content (AvgIpc) is 2.56. The van der Waals surface area contributed by atoms with E-state index in [9.17, 15) is 9.59 Å². The minimum atomic E-state index is -0.374. The molecule has 0 aromatic heterocycles. The molecule has 1 aromatic carbocycles. The van der Waals surface area contributed by atoms with Gasteiger partial charge in [0.25, 0.3) is 0 Å². The highest BCUT2D eigenvalue weighted by atomic mass is 16.5. The molecule has 0 saturated heterocycles. The summed E-state index contributed by atoms with van der Waals surface area (Å²) in [5.41, 5.74) is 1.67. The second-order valence-corrected chi connectivity index (χ2v) is 4.78. The quantitative estimate of drug-likeness (QED) is 0.586. The van der Waals surface area contributed by atoms with Gasteiger partial charge in [-0.15, -0.1) is 0 Å². The first-order valence-electron chi connectivity index (χ1n) is 7.36. The first-order valence-corrected chi connectivity index (χ1v) is 7.36. The molecule has 0 heterocycles. The standard InChI is InChI=1S/C17H21N3O3/c1-3-23-17(22)10-7-14-5-8-15(9-6-14)19-13-16(21)20(2)12-4-11-18/h5-10,19H,3-4,12-13H2,1-2H3. The van der Waals surface area contributed by atoms with Gasteiger partial charge in [0.2, 0.25) is 5.91 Å². The van der Waals surface area contributed by atoms with Crippen molar-refractivity contribution in [3.8, 4) is 6.07 Å². The van der Waals surface area contributed by atoms with Crippen LogP contribution in [0.25, 0.3) is 6.08 Å². The number of amides is 1. The van der Waals surface area contributed by atoms with Crippen molar-refractivity contribution in [2.75, 3.05) is 32.1 Å². The lowest BCUT2D eigenvalue weighted by molar-refractivity contribution is -0.137. The number of nitrogens with one attached hydrogen (secondary N) is 1. The summed E-state index contributed by atoms with van der Waals surface area (Å²) in [5.74, 6) is -0.452. The highest BCUT2D eigenvalue weighted by Crippen LogP contribution is 2.10. The van der Waals surface area contributed by atoms with Crippen LogP contribution >= 0.6 is 0 Å². The minimum absolute atomic E-state index is 0.0773. The molecular weight excluding hydrogens is 294 g/mol. The average molecular weight is 315 g/mol. The van der Waals surface area contributed by atoms with E-state index in [0.717, 1.165) is 11.3 Å². The maximum absolute atomic E-state index is 11.8. The molecule has 6 nitrogen and oxygen atoms in total. The highest BCUT2D eigenvalue weighted by molar-refractivity contribution is 5.87. The molecule has 6 heteroatoms. The van der Waals surface area contributed by atoms with Crippen LogP contribution in [-0.2, 0) is 14.3 Å². The van der Waals surface area contributed by atoms with Crippen LogP contribution in [0.3, 0.4) is 0 Å². The molecule has 0 radical (unpaired) electrons. The zero-order valence-corrected chi connectivity index (χ0v) is 13.4. The lowest BCUT2D eigenvalue weighted by Gasteiger charge is -2.16. The van der Waals surface area contributed by atoms with E-state index in [2.05, 4.69) is 5.32 Å². The summed E-state index contributed by atoms with van der Waals surface area (Å²) in [4.78, 5) is 24.6. The number of ether oxygens (including phenoxy) is 1. The number of nitrogens with zero attached hydrogens (tertiary/aromatic N) is 2. The lowest BCUT2D eigenvalue weighted by atomic mass is 10.2. The predicted octanol–water partition coefficient (Wildman–Crippen LogP) is 2.05. The van der Waals surface area contributed by atoms with E-state index in [-0.39, 0.29) is 18.4 Å². The number of rotatable bonds is 8. The molecule has 0 aliphatic rings. The molecule has 1 aromatic rings. The number of esters is 1. The van der Waals surface area contributed by atoms with E-state index in [0.29, 0.717) is 19.6 Å².